The Balaban J connectivity index is 0.000000250. The summed E-state index contributed by atoms with van der Waals surface area (Å²) in [6.45, 7) is 0. The van der Waals surface area contributed by atoms with Gasteiger partial charge in [-0.2, -0.15) is 0 Å². The first-order valence-electron chi connectivity index (χ1n) is 2.15. The quantitative estimate of drug-likeness (QED) is 0.303. The Morgan fingerprint density at radius 1 is 1.00 bits per heavy atom. The van der Waals surface area contributed by atoms with E-state index < -0.39 is 0 Å². The summed E-state index contributed by atoms with van der Waals surface area (Å²) in [6.07, 6.45) is 8.50. The molecule has 0 saturated heterocycles. The molecule has 0 N–H and O–H groups in total. The fraction of sp³-hybridized carbons (Fsp3) is 0.600. The molecule has 0 aromatic rings. The van der Waals surface area contributed by atoms with E-state index >= 15 is 0 Å². The lowest BCUT2D eigenvalue weighted by Gasteiger charge is -1.69. The van der Waals surface area contributed by atoms with Crippen LogP contribution in [-0.2, 0) is 0 Å². The largest absolute Gasteiger partial charge is 0.0885 e. The Hall–Kier alpha value is -0.195. The molecule has 3 radical (unpaired) electrons. The molecule has 0 fully saturated rings. The van der Waals surface area contributed by atoms with Gasteiger partial charge in [0.05, 0.1) is 0 Å². The highest BCUT2D eigenvalue weighted by molar-refractivity contribution is 5.75. The van der Waals surface area contributed by atoms with Gasteiger partial charge >= 0.3 is 0 Å². The summed E-state index contributed by atoms with van der Waals surface area (Å²) >= 11 is 0. The van der Waals surface area contributed by atoms with Crippen molar-refractivity contribution < 1.29 is 0 Å². The molecule has 0 aromatic carbocycles. The van der Waals surface area contributed by atoms with Crippen molar-refractivity contribution in [1.82, 2.24) is 0 Å². The Labute approximate surface area is 40.8 Å². The van der Waals surface area contributed by atoms with Crippen LogP contribution in [0.15, 0.2) is 12.2 Å². The Bertz CT molecular complexity index is 41.9. The monoisotopic (exact) mass is 79.1 g/mol. The predicted molar refractivity (Wildman–Crippen MR) is 28.7 cm³/mol. The predicted octanol–water partition coefficient (Wildman–Crippen LogP) is 1.35. The molecule has 0 heterocycles. The summed E-state index contributed by atoms with van der Waals surface area (Å²) < 4.78 is 0. The van der Waals surface area contributed by atoms with Gasteiger partial charge in [-0.1, -0.05) is 12.2 Å². The Morgan fingerprint density at radius 3 is 1.67 bits per heavy atom. The molecule has 1 aliphatic carbocycles. The van der Waals surface area contributed by atoms with E-state index in [9.17, 15) is 0 Å². The zero-order valence-electron chi connectivity index (χ0n) is 3.85. The topological polar surface area (TPSA) is 0 Å². The highest BCUT2D eigenvalue weighted by Crippen LogP contribution is 2.05. The number of rotatable bonds is 0. The van der Waals surface area contributed by atoms with E-state index in [1.54, 1.807) is 0 Å². The van der Waals surface area contributed by atoms with Gasteiger partial charge in [-0.3, -0.25) is 0 Å². The van der Waals surface area contributed by atoms with E-state index in [0.29, 0.717) is 0 Å². The van der Waals surface area contributed by atoms with Crippen LogP contribution in [0.4, 0.5) is 0 Å². The van der Waals surface area contributed by atoms with Gasteiger partial charge in [-0.05, 0) is 19.3 Å². The van der Waals surface area contributed by atoms with Crippen molar-refractivity contribution in [2.75, 3.05) is 0 Å². The average Bonchev–Trinajstić information content (AvgIpc) is 1.76. The highest BCUT2D eigenvalue weighted by Gasteiger charge is 1.84. The third-order valence-electron chi connectivity index (χ3n) is 0.908. The molecule has 1 heteroatoms. The first-order valence-corrected chi connectivity index (χ1v) is 2.15. The molecule has 0 spiro atoms. The molecule has 0 bridgehead atoms. The van der Waals surface area contributed by atoms with E-state index in [1.807, 2.05) is 0 Å². The van der Waals surface area contributed by atoms with Crippen LogP contribution >= 0.6 is 0 Å². The minimum atomic E-state index is 0. The molecular weight excluding hydrogens is 70.9 g/mol. The molecule has 6 heavy (non-hydrogen) atoms. The van der Waals surface area contributed by atoms with Gasteiger partial charge in [0.25, 0.3) is 0 Å². The second kappa shape index (κ2) is 3.01. The maximum absolute atomic E-state index is 2.24. The number of hydrogen-bond donors (Lipinski definition) is 0. The molecule has 0 nitrogen and oxygen atoms in total. The lowest BCUT2D eigenvalue weighted by molar-refractivity contribution is 0.929. The first kappa shape index (κ1) is 5.80. The normalized spacial score (nSPS) is 17.3. The smallest absolute Gasteiger partial charge is 0 e. The van der Waals surface area contributed by atoms with Crippen molar-refractivity contribution in [2.24, 2.45) is 0 Å². The van der Waals surface area contributed by atoms with Crippen LogP contribution in [0.5, 0.6) is 0 Å². The van der Waals surface area contributed by atoms with Crippen molar-refractivity contribution in [3.8, 4) is 0 Å². The minimum absolute atomic E-state index is 0. The van der Waals surface area contributed by atoms with E-state index in [4.69, 9.17) is 0 Å². The molecule has 1 rings (SSSR count). The fourth-order valence-electron chi connectivity index (χ4n) is 0.589. The molecule has 0 saturated carbocycles. The molecule has 31 valence electrons. The van der Waals surface area contributed by atoms with Gasteiger partial charge in [0.15, 0.2) is 0 Å². The number of allylic oxidation sites excluding steroid dienone is 2. The SMILES string of the molecule is C1=CCCC1.[B]. The van der Waals surface area contributed by atoms with Crippen LogP contribution in [0.2, 0.25) is 0 Å². The minimum Gasteiger partial charge on any atom is -0.0885 e. The van der Waals surface area contributed by atoms with Crippen molar-refractivity contribution in [2.45, 2.75) is 19.3 Å². The van der Waals surface area contributed by atoms with Gasteiger partial charge in [0.1, 0.15) is 0 Å². The summed E-state index contributed by atoms with van der Waals surface area (Å²) in [4.78, 5) is 0. The lowest BCUT2D eigenvalue weighted by atomic mass is 10.4. The lowest BCUT2D eigenvalue weighted by Crippen LogP contribution is -1.50. The summed E-state index contributed by atoms with van der Waals surface area (Å²) in [5.41, 5.74) is 0. The summed E-state index contributed by atoms with van der Waals surface area (Å²) in [5, 5.41) is 0. The zero-order chi connectivity index (χ0) is 3.54. The molecule has 0 aliphatic heterocycles. The molecule has 0 unspecified atom stereocenters. The van der Waals surface area contributed by atoms with Gasteiger partial charge in [-0.15, -0.1) is 0 Å². The van der Waals surface area contributed by atoms with Crippen molar-refractivity contribution in [1.29, 1.82) is 0 Å². The van der Waals surface area contributed by atoms with E-state index in [2.05, 4.69) is 12.2 Å². The zero-order valence-corrected chi connectivity index (χ0v) is 3.85. The maximum Gasteiger partial charge on any atom is 0 e. The van der Waals surface area contributed by atoms with Crippen LogP contribution < -0.4 is 0 Å². The Morgan fingerprint density at radius 2 is 1.50 bits per heavy atom. The van der Waals surface area contributed by atoms with Gasteiger partial charge in [-0.25, -0.2) is 0 Å². The molecule has 0 amide bonds. The summed E-state index contributed by atoms with van der Waals surface area (Å²) in [5.74, 6) is 0. The molecular formula is C5H8B. The summed E-state index contributed by atoms with van der Waals surface area (Å²) in [6, 6.07) is 0. The fourth-order valence-corrected chi connectivity index (χ4v) is 0.589. The molecule has 0 aromatic heterocycles. The van der Waals surface area contributed by atoms with Crippen molar-refractivity contribution in [3.63, 3.8) is 0 Å². The second-order valence-corrected chi connectivity index (χ2v) is 1.40. The van der Waals surface area contributed by atoms with Crippen molar-refractivity contribution in [3.05, 3.63) is 12.2 Å². The standard InChI is InChI=1S/C5H8.B/c1-2-4-5-3-1;/h1-2H,3-5H2;. The van der Waals surface area contributed by atoms with Crippen LogP contribution in [0, 0.1) is 0 Å². The first-order chi connectivity index (χ1) is 2.50. The van der Waals surface area contributed by atoms with E-state index in [0.717, 1.165) is 0 Å². The number of hydrogen-bond acceptors (Lipinski definition) is 0. The van der Waals surface area contributed by atoms with Gasteiger partial charge in [0.2, 0.25) is 0 Å². The third kappa shape index (κ3) is 1.30. The average molecular weight is 78.9 g/mol. The second-order valence-electron chi connectivity index (χ2n) is 1.40. The van der Waals surface area contributed by atoms with Gasteiger partial charge < -0.3 is 0 Å². The molecule has 0 atom stereocenters. The third-order valence-corrected chi connectivity index (χ3v) is 0.908. The van der Waals surface area contributed by atoms with Crippen LogP contribution in [0.25, 0.3) is 0 Å². The van der Waals surface area contributed by atoms with Gasteiger partial charge in [0, 0.05) is 8.41 Å². The van der Waals surface area contributed by atoms with Crippen LogP contribution in [0.1, 0.15) is 19.3 Å². The van der Waals surface area contributed by atoms with Crippen molar-refractivity contribution >= 4 is 8.41 Å². The Kier molecular flexibility index (Phi) is 2.92. The maximum atomic E-state index is 2.24. The molecule has 1 aliphatic rings. The van der Waals surface area contributed by atoms with Crippen LogP contribution in [-0.4, -0.2) is 8.41 Å². The highest BCUT2D eigenvalue weighted by atomic mass is 13.9. The van der Waals surface area contributed by atoms with E-state index in [-0.39, 0.29) is 8.41 Å². The van der Waals surface area contributed by atoms with E-state index in [1.165, 1.54) is 19.3 Å². The van der Waals surface area contributed by atoms with Crippen LogP contribution in [0.3, 0.4) is 0 Å². The summed E-state index contributed by atoms with van der Waals surface area (Å²) in [7, 11) is 0.